The molecule has 0 aliphatic heterocycles. The van der Waals surface area contributed by atoms with Crippen LogP contribution in [0.15, 0.2) is 53.7 Å². The van der Waals surface area contributed by atoms with Crippen LogP contribution in [0.25, 0.3) is 11.0 Å². The van der Waals surface area contributed by atoms with E-state index in [1.54, 1.807) is 6.33 Å². The maximum atomic E-state index is 12.5. The van der Waals surface area contributed by atoms with Crippen LogP contribution >= 0.6 is 11.6 Å². The van der Waals surface area contributed by atoms with E-state index >= 15 is 0 Å². The summed E-state index contributed by atoms with van der Waals surface area (Å²) in [5, 5.41) is 3.00. The van der Waals surface area contributed by atoms with E-state index in [1.807, 2.05) is 28.8 Å². The molecule has 0 saturated heterocycles. The predicted octanol–water partition coefficient (Wildman–Crippen LogP) is 2.76. The highest BCUT2D eigenvalue weighted by Crippen LogP contribution is 2.22. The summed E-state index contributed by atoms with van der Waals surface area (Å²) in [5.41, 5.74) is 2.10. The Hall–Kier alpha value is -2.42. The third kappa shape index (κ3) is 4.19. The van der Waals surface area contributed by atoms with Crippen molar-refractivity contribution in [3.05, 3.63) is 59.4 Å². The SMILES string of the molecule is CN(C)S(=O)(=O)c1ccc(Cl)c(C(=O)NCCCn2cnc3ccccc32)c1. The Morgan fingerprint density at radius 3 is 2.71 bits per heavy atom. The molecule has 0 atom stereocenters. The van der Waals surface area contributed by atoms with Gasteiger partial charge in [-0.15, -0.1) is 0 Å². The number of imidazole rings is 1. The number of nitrogens with zero attached hydrogens (tertiary/aromatic N) is 3. The average Bonchev–Trinajstić information content (AvgIpc) is 3.08. The maximum absolute atomic E-state index is 12.5. The van der Waals surface area contributed by atoms with Gasteiger partial charge in [0.1, 0.15) is 0 Å². The van der Waals surface area contributed by atoms with Gasteiger partial charge in [-0.2, -0.15) is 0 Å². The Labute approximate surface area is 169 Å². The van der Waals surface area contributed by atoms with E-state index in [-0.39, 0.29) is 15.5 Å². The molecule has 28 heavy (non-hydrogen) atoms. The van der Waals surface area contributed by atoms with E-state index in [0.717, 1.165) is 15.3 Å². The van der Waals surface area contributed by atoms with Gasteiger partial charge < -0.3 is 9.88 Å². The van der Waals surface area contributed by atoms with Crippen LogP contribution in [0, 0.1) is 0 Å². The molecule has 7 nitrogen and oxygen atoms in total. The highest BCUT2D eigenvalue weighted by Gasteiger charge is 2.20. The van der Waals surface area contributed by atoms with E-state index in [4.69, 9.17) is 11.6 Å². The number of aromatic nitrogens is 2. The van der Waals surface area contributed by atoms with Crippen molar-refractivity contribution in [1.29, 1.82) is 0 Å². The molecule has 148 valence electrons. The molecule has 2 aromatic carbocycles. The first kappa shape index (κ1) is 20.3. The van der Waals surface area contributed by atoms with Crippen LogP contribution in [0.4, 0.5) is 0 Å². The highest BCUT2D eigenvalue weighted by molar-refractivity contribution is 7.89. The lowest BCUT2D eigenvalue weighted by molar-refractivity contribution is 0.0952. The molecule has 1 heterocycles. The molecule has 3 aromatic rings. The number of carbonyl (C=O) groups is 1. The van der Waals surface area contributed by atoms with Gasteiger partial charge in [0, 0.05) is 27.2 Å². The second kappa shape index (κ2) is 8.30. The molecule has 9 heteroatoms. The third-order valence-electron chi connectivity index (χ3n) is 4.35. The van der Waals surface area contributed by atoms with Gasteiger partial charge in [-0.05, 0) is 36.8 Å². The van der Waals surface area contributed by atoms with Gasteiger partial charge in [-0.3, -0.25) is 4.79 Å². The maximum Gasteiger partial charge on any atom is 0.252 e. The minimum absolute atomic E-state index is 0.0249. The molecule has 0 radical (unpaired) electrons. The van der Waals surface area contributed by atoms with Crippen molar-refractivity contribution in [3.8, 4) is 0 Å². The van der Waals surface area contributed by atoms with Crippen molar-refractivity contribution in [2.45, 2.75) is 17.9 Å². The minimum Gasteiger partial charge on any atom is -0.352 e. The van der Waals surface area contributed by atoms with E-state index in [9.17, 15) is 13.2 Å². The van der Waals surface area contributed by atoms with E-state index in [1.165, 1.54) is 32.3 Å². The second-order valence-corrected chi connectivity index (χ2v) is 9.02. The first-order valence-corrected chi connectivity index (χ1v) is 10.5. The van der Waals surface area contributed by atoms with Crippen molar-refractivity contribution in [1.82, 2.24) is 19.2 Å². The summed E-state index contributed by atoms with van der Waals surface area (Å²) >= 11 is 6.10. The lowest BCUT2D eigenvalue weighted by Crippen LogP contribution is -2.26. The number of carbonyl (C=O) groups excluding carboxylic acids is 1. The molecule has 0 spiro atoms. The Bertz CT molecular complexity index is 1110. The van der Waals surface area contributed by atoms with Crippen LogP contribution in [-0.2, 0) is 16.6 Å². The van der Waals surface area contributed by atoms with Gasteiger partial charge >= 0.3 is 0 Å². The van der Waals surface area contributed by atoms with Gasteiger partial charge in [-0.1, -0.05) is 23.7 Å². The molecule has 3 rings (SSSR count). The normalized spacial score (nSPS) is 11.9. The fourth-order valence-electron chi connectivity index (χ4n) is 2.78. The summed E-state index contributed by atoms with van der Waals surface area (Å²) in [4.78, 5) is 16.8. The van der Waals surface area contributed by atoms with Crippen LogP contribution in [0.2, 0.25) is 5.02 Å². The fourth-order valence-corrected chi connectivity index (χ4v) is 3.92. The summed E-state index contributed by atoms with van der Waals surface area (Å²) in [6, 6.07) is 12.0. The van der Waals surface area contributed by atoms with Crippen molar-refractivity contribution in [3.63, 3.8) is 0 Å². The number of fused-ring (bicyclic) bond motifs is 1. The Balaban J connectivity index is 1.63. The number of nitrogens with one attached hydrogen (secondary N) is 1. The molecular weight excluding hydrogens is 400 g/mol. The summed E-state index contributed by atoms with van der Waals surface area (Å²) in [7, 11) is -0.773. The molecule has 0 unspecified atom stereocenters. The Morgan fingerprint density at radius 2 is 1.96 bits per heavy atom. The van der Waals surface area contributed by atoms with Crippen LogP contribution in [0.1, 0.15) is 16.8 Å². The minimum atomic E-state index is -3.64. The number of hydrogen-bond acceptors (Lipinski definition) is 4. The summed E-state index contributed by atoms with van der Waals surface area (Å²) in [6.07, 6.45) is 2.47. The highest BCUT2D eigenvalue weighted by atomic mass is 35.5. The van der Waals surface area contributed by atoms with Crippen LogP contribution in [0.3, 0.4) is 0 Å². The molecular formula is C19H21ClN4O3S. The number of benzene rings is 2. The quantitative estimate of drug-likeness (QED) is 0.595. The van der Waals surface area contributed by atoms with Crippen molar-refractivity contribution < 1.29 is 13.2 Å². The fraction of sp³-hybridized carbons (Fsp3) is 0.263. The number of aryl methyl sites for hydroxylation is 1. The number of rotatable bonds is 7. The first-order valence-electron chi connectivity index (χ1n) is 8.71. The zero-order valence-electron chi connectivity index (χ0n) is 15.6. The lowest BCUT2D eigenvalue weighted by atomic mass is 10.2. The van der Waals surface area contributed by atoms with Crippen molar-refractivity contribution >= 4 is 38.6 Å². The molecule has 1 N–H and O–H groups in total. The van der Waals surface area contributed by atoms with Gasteiger partial charge in [0.25, 0.3) is 5.91 Å². The molecule has 0 fully saturated rings. The summed E-state index contributed by atoms with van der Waals surface area (Å²) in [6.45, 7) is 1.12. The number of hydrogen-bond donors (Lipinski definition) is 1. The zero-order valence-corrected chi connectivity index (χ0v) is 17.2. The number of sulfonamides is 1. The lowest BCUT2D eigenvalue weighted by Gasteiger charge is -2.13. The van der Waals surface area contributed by atoms with Crippen molar-refractivity contribution in [2.24, 2.45) is 0 Å². The summed E-state index contributed by atoms with van der Waals surface area (Å²) in [5.74, 6) is -0.406. The van der Waals surface area contributed by atoms with E-state index in [2.05, 4.69) is 10.3 Å². The van der Waals surface area contributed by atoms with E-state index < -0.39 is 15.9 Å². The topological polar surface area (TPSA) is 84.3 Å². The van der Waals surface area contributed by atoms with Gasteiger partial charge in [0.2, 0.25) is 10.0 Å². The van der Waals surface area contributed by atoms with Crippen LogP contribution in [0.5, 0.6) is 0 Å². The van der Waals surface area contributed by atoms with Gasteiger partial charge in [0.15, 0.2) is 0 Å². The Kier molecular flexibility index (Phi) is 6.02. The number of amides is 1. The molecule has 0 bridgehead atoms. The smallest absolute Gasteiger partial charge is 0.252 e. The van der Waals surface area contributed by atoms with Crippen LogP contribution in [-0.4, -0.2) is 48.8 Å². The van der Waals surface area contributed by atoms with Gasteiger partial charge in [-0.25, -0.2) is 17.7 Å². The third-order valence-corrected chi connectivity index (χ3v) is 6.49. The van der Waals surface area contributed by atoms with Gasteiger partial charge in [0.05, 0.1) is 32.8 Å². The molecule has 1 aromatic heterocycles. The number of para-hydroxylation sites is 2. The zero-order chi connectivity index (χ0) is 20.3. The first-order chi connectivity index (χ1) is 13.3. The standard InChI is InChI=1S/C19H21ClN4O3S/c1-23(2)28(26,27)14-8-9-16(20)15(12-14)19(25)21-10-5-11-24-13-22-17-6-3-4-7-18(17)24/h3-4,6-9,12-13H,5,10-11H2,1-2H3,(H,21,25). The number of halogens is 1. The van der Waals surface area contributed by atoms with Crippen LogP contribution < -0.4 is 5.32 Å². The monoisotopic (exact) mass is 420 g/mol. The Morgan fingerprint density at radius 1 is 1.21 bits per heavy atom. The molecule has 1 amide bonds. The van der Waals surface area contributed by atoms with E-state index in [0.29, 0.717) is 19.5 Å². The molecule has 0 aliphatic carbocycles. The molecule has 0 aliphatic rings. The largest absolute Gasteiger partial charge is 0.352 e. The summed E-state index contributed by atoms with van der Waals surface area (Å²) < 4.78 is 27.6. The molecule has 0 saturated carbocycles. The average molecular weight is 421 g/mol. The van der Waals surface area contributed by atoms with Crippen molar-refractivity contribution in [2.75, 3.05) is 20.6 Å². The predicted molar refractivity (Wildman–Crippen MR) is 109 cm³/mol. The second-order valence-electron chi connectivity index (χ2n) is 6.47.